The predicted octanol–water partition coefficient (Wildman–Crippen LogP) is 1.86. The second kappa shape index (κ2) is 7.94. The van der Waals surface area contributed by atoms with Gasteiger partial charge < -0.3 is 14.7 Å². The summed E-state index contributed by atoms with van der Waals surface area (Å²) in [6.07, 6.45) is 1.54. The van der Waals surface area contributed by atoms with Crippen LogP contribution in [-0.4, -0.2) is 47.5 Å². The number of hydrogen-bond donors (Lipinski definition) is 2. The molecule has 0 fully saturated rings. The zero-order chi connectivity index (χ0) is 18.6. The van der Waals surface area contributed by atoms with E-state index in [1.165, 1.54) is 6.92 Å². The van der Waals surface area contributed by atoms with Crippen molar-refractivity contribution < 1.29 is 18.8 Å². The molecule has 1 amide bonds. The highest BCUT2D eigenvalue weighted by atomic mass is 16.3. The molecule has 0 bridgehead atoms. The van der Waals surface area contributed by atoms with E-state index in [4.69, 9.17) is 4.42 Å². The van der Waals surface area contributed by atoms with E-state index < -0.39 is 0 Å². The molecule has 2 rings (SSSR count). The largest absolute Gasteiger partial charge is 0.467 e. The Morgan fingerprint density at radius 1 is 1.24 bits per heavy atom. The van der Waals surface area contributed by atoms with Crippen molar-refractivity contribution in [1.82, 2.24) is 15.2 Å². The van der Waals surface area contributed by atoms with Gasteiger partial charge in [-0.2, -0.15) is 0 Å². The fourth-order valence-corrected chi connectivity index (χ4v) is 2.84. The van der Waals surface area contributed by atoms with E-state index in [2.05, 4.69) is 10.3 Å². The first-order valence-electron chi connectivity index (χ1n) is 8.00. The molecule has 0 aliphatic heterocycles. The van der Waals surface area contributed by atoms with Crippen molar-refractivity contribution in [2.24, 2.45) is 0 Å². The molecule has 7 heteroatoms. The standard InChI is InChI=1S/C18H23N3O4/c1-11-17(13(3)22)12(2)20-18(11)15(23)9-21(4)10-16(24)19-8-14-6-5-7-25-14/h5-7,20H,8-10H2,1-4H3,(H,19,24). The van der Waals surface area contributed by atoms with Gasteiger partial charge in [-0.25, -0.2) is 0 Å². The molecular weight excluding hydrogens is 322 g/mol. The van der Waals surface area contributed by atoms with Gasteiger partial charge in [0.25, 0.3) is 0 Å². The summed E-state index contributed by atoms with van der Waals surface area (Å²) in [5.41, 5.74) is 2.32. The number of aryl methyl sites for hydroxylation is 1. The van der Waals surface area contributed by atoms with Crippen LogP contribution in [0, 0.1) is 13.8 Å². The van der Waals surface area contributed by atoms with E-state index in [0.29, 0.717) is 34.8 Å². The molecule has 0 saturated heterocycles. The van der Waals surface area contributed by atoms with E-state index in [-0.39, 0.29) is 30.6 Å². The van der Waals surface area contributed by atoms with Gasteiger partial charge in [-0.15, -0.1) is 0 Å². The Morgan fingerprint density at radius 2 is 1.96 bits per heavy atom. The van der Waals surface area contributed by atoms with Crippen LogP contribution in [0.15, 0.2) is 22.8 Å². The number of carbonyl (C=O) groups excluding carboxylic acids is 3. The number of Topliss-reactive ketones (excluding diaryl/α,β-unsaturated/α-hetero) is 2. The molecule has 0 saturated carbocycles. The van der Waals surface area contributed by atoms with E-state index in [1.807, 2.05) is 0 Å². The molecule has 0 aliphatic carbocycles. The summed E-state index contributed by atoms with van der Waals surface area (Å²) in [6.45, 7) is 5.48. The number of ketones is 2. The third-order valence-corrected chi connectivity index (χ3v) is 3.94. The number of furan rings is 1. The molecule has 25 heavy (non-hydrogen) atoms. The second-order valence-corrected chi connectivity index (χ2v) is 6.13. The van der Waals surface area contributed by atoms with E-state index in [0.717, 1.165) is 0 Å². The number of nitrogens with one attached hydrogen (secondary N) is 2. The molecule has 7 nitrogen and oxygen atoms in total. The van der Waals surface area contributed by atoms with Gasteiger partial charge in [0.05, 0.1) is 31.6 Å². The van der Waals surface area contributed by atoms with Crippen LogP contribution in [0.1, 0.15) is 44.8 Å². The molecular formula is C18H23N3O4. The molecule has 0 aromatic carbocycles. The van der Waals surface area contributed by atoms with Gasteiger partial charge in [-0.1, -0.05) is 0 Å². The SMILES string of the molecule is CC(=O)c1c(C)[nH]c(C(=O)CN(C)CC(=O)NCc2ccco2)c1C. The lowest BCUT2D eigenvalue weighted by atomic mass is 10.1. The molecule has 0 unspecified atom stereocenters. The molecule has 2 heterocycles. The first kappa shape index (κ1) is 18.7. The Bertz CT molecular complexity index is 775. The van der Waals surface area contributed by atoms with Crippen LogP contribution in [0.5, 0.6) is 0 Å². The number of hydrogen-bond acceptors (Lipinski definition) is 5. The maximum atomic E-state index is 12.5. The summed E-state index contributed by atoms with van der Waals surface area (Å²) < 4.78 is 5.14. The first-order chi connectivity index (χ1) is 11.8. The Hall–Kier alpha value is -2.67. The number of nitrogens with zero attached hydrogens (tertiary/aromatic N) is 1. The van der Waals surface area contributed by atoms with E-state index >= 15 is 0 Å². The number of rotatable bonds is 8. The van der Waals surface area contributed by atoms with Gasteiger partial charge in [0.2, 0.25) is 5.91 Å². The fourth-order valence-electron chi connectivity index (χ4n) is 2.84. The monoisotopic (exact) mass is 345 g/mol. The lowest BCUT2D eigenvalue weighted by Crippen LogP contribution is -2.37. The average molecular weight is 345 g/mol. The fraction of sp³-hybridized carbons (Fsp3) is 0.389. The summed E-state index contributed by atoms with van der Waals surface area (Å²) in [4.78, 5) is 40.7. The summed E-state index contributed by atoms with van der Waals surface area (Å²) in [5, 5.41) is 2.73. The highest BCUT2D eigenvalue weighted by Gasteiger charge is 2.21. The van der Waals surface area contributed by atoms with Crippen LogP contribution in [0.4, 0.5) is 0 Å². The Kier molecular flexibility index (Phi) is 5.93. The maximum Gasteiger partial charge on any atom is 0.234 e. The maximum absolute atomic E-state index is 12.5. The van der Waals surface area contributed by atoms with Crippen molar-refractivity contribution in [2.45, 2.75) is 27.3 Å². The van der Waals surface area contributed by atoms with Crippen LogP contribution in [0.2, 0.25) is 0 Å². The Balaban J connectivity index is 1.90. The Morgan fingerprint density at radius 3 is 2.52 bits per heavy atom. The average Bonchev–Trinajstić information content (AvgIpc) is 3.12. The summed E-state index contributed by atoms with van der Waals surface area (Å²) in [7, 11) is 1.70. The van der Waals surface area contributed by atoms with Crippen molar-refractivity contribution >= 4 is 17.5 Å². The van der Waals surface area contributed by atoms with Gasteiger partial charge >= 0.3 is 0 Å². The molecule has 0 aliphatic rings. The molecule has 2 aromatic rings. The van der Waals surface area contributed by atoms with Gasteiger partial charge in [-0.3, -0.25) is 19.3 Å². The summed E-state index contributed by atoms with van der Waals surface area (Å²) in [6, 6.07) is 3.53. The van der Waals surface area contributed by atoms with Gasteiger partial charge in [0.15, 0.2) is 11.6 Å². The summed E-state index contributed by atoms with van der Waals surface area (Å²) >= 11 is 0. The van der Waals surface area contributed by atoms with Gasteiger partial charge in [0.1, 0.15) is 5.76 Å². The normalized spacial score (nSPS) is 10.9. The second-order valence-electron chi connectivity index (χ2n) is 6.13. The lowest BCUT2D eigenvalue weighted by Gasteiger charge is -2.15. The van der Waals surface area contributed by atoms with E-state index in [1.54, 1.807) is 44.2 Å². The third kappa shape index (κ3) is 4.67. The minimum atomic E-state index is -0.199. The van der Waals surface area contributed by atoms with Crippen molar-refractivity contribution in [3.8, 4) is 0 Å². The van der Waals surface area contributed by atoms with Gasteiger partial charge in [-0.05, 0) is 45.5 Å². The van der Waals surface area contributed by atoms with Crippen LogP contribution in [0.3, 0.4) is 0 Å². The third-order valence-electron chi connectivity index (χ3n) is 3.94. The summed E-state index contributed by atoms with van der Waals surface area (Å²) in [5.74, 6) is 0.238. The minimum absolute atomic E-state index is 0.0732. The molecule has 0 spiro atoms. The minimum Gasteiger partial charge on any atom is -0.467 e. The zero-order valence-corrected chi connectivity index (χ0v) is 14.9. The topological polar surface area (TPSA) is 95.4 Å². The number of amides is 1. The number of H-pyrrole nitrogens is 1. The number of likely N-dealkylation sites (N-methyl/N-ethyl adjacent to an activating group) is 1. The highest BCUT2D eigenvalue weighted by Crippen LogP contribution is 2.19. The van der Waals surface area contributed by atoms with Gasteiger partial charge in [0, 0.05) is 11.3 Å². The van der Waals surface area contributed by atoms with Crippen molar-refractivity contribution in [3.63, 3.8) is 0 Å². The Labute approximate surface area is 146 Å². The molecule has 0 atom stereocenters. The first-order valence-corrected chi connectivity index (χ1v) is 8.00. The van der Waals surface area contributed by atoms with Crippen LogP contribution in [-0.2, 0) is 11.3 Å². The van der Waals surface area contributed by atoms with Crippen LogP contribution in [0.25, 0.3) is 0 Å². The quantitative estimate of drug-likeness (QED) is 0.712. The van der Waals surface area contributed by atoms with E-state index in [9.17, 15) is 14.4 Å². The van der Waals surface area contributed by atoms with Crippen LogP contribution < -0.4 is 5.32 Å². The molecule has 2 aromatic heterocycles. The van der Waals surface area contributed by atoms with Crippen molar-refractivity contribution in [1.29, 1.82) is 0 Å². The zero-order valence-electron chi connectivity index (χ0n) is 14.9. The number of aromatic nitrogens is 1. The molecule has 2 N–H and O–H groups in total. The van der Waals surface area contributed by atoms with Crippen molar-refractivity contribution in [2.75, 3.05) is 20.1 Å². The molecule has 0 radical (unpaired) electrons. The predicted molar refractivity (Wildman–Crippen MR) is 92.7 cm³/mol. The molecule has 134 valence electrons. The number of aromatic amines is 1. The lowest BCUT2D eigenvalue weighted by molar-refractivity contribution is -0.122. The van der Waals surface area contributed by atoms with Crippen LogP contribution >= 0.6 is 0 Å². The smallest absolute Gasteiger partial charge is 0.234 e. The highest BCUT2D eigenvalue weighted by molar-refractivity contribution is 6.04. The van der Waals surface area contributed by atoms with Crippen molar-refractivity contribution in [3.05, 3.63) is 46.7 Å². The number of carbonyl (C=O) groups is 3.